The lowest BCUT2D eigenvalue weighted by molar-refractivity contribution is 0.0673. The fraction of sp³-hybridized carbons (Fsp3) is 0.278. The summed E-state index contributed by atoms with van der Waals surface area (Å²) < 4.78 is 17.9. The number of benzene rings is 1. The fourth-order valence-corrected chi connectivity index (χ4v) is 2.83. The van der Waals surface area contributed by atoms with E-state index in [1.807, 2.05) is 0 Å². The van der Waals surface area contributed by atoms with Crippen LogP contribution in [0.4, 0.5) is 14.9 Å². The van der Waals surface area contributed by atoms with E-state index in [2.05, 4.69) is 10.6 Å². The van der Waals surface area contributed by atoms with Crippen molar-refractivity contribution in [2.45, 2.75) is 18.9 Å². The van der Waals surface area contributed by atoms with Gasteiger partial charge in [0.1, 0.15) is 12.1 Å². The molecule has 8 nitrogen and oxygen atoms in total. The number of hydrogen-bond acceptors (Lipinski definition) is 4. The molecule has 0 bridgehead atoms. The summed E-state index contributed by atoms with van der Waals surface area (Å²) in [5, 5.41) is 14.3. The lowest BCUT2D eigenvalue weighted by Gasteiger charge is -2.31. The molecule has 1 aliphatic rings. The van der Waals surface area contributed by atoms with Crippen LogP contribution in [0.1, 0.15) is 33.8 Å². The Labute approximate surface area is 154 Å². The molecule has 0 radical (unpaired) electrons. The van der Waals surface area contributed by atoms with Crippen molar-refractivity contribution in [1.29, 1.82) is 0 Å². The number of likely N-dealkylation sites (tertiary alicyclic amines) is 1. The molecule has 1 aliphatic heterocycles. The minimum Gasteiger partial charge on any atom is -0.478 e. The van der Waals surface area contributed by atoms with Crippen molar-refractivity contribution in [2.24, 2.45) is 0 Å². The first-order valence-electron chi connectivity index (χ1n) is 8.36. The van der Waals surface area contributed by atoms with Crippen LogP contribution in [0.2, 0.25) is 0 Å². The highest BCUT2D eigenvalue weighted by Crippen LogP contribution is 2.16. The van der Waals surface area contributed by atoms with Crippen LogP contribution in [-0.2, 0) is 0 Å². The topological polar surface area (TPSA) is 112 Å². The highest BCUT2D eigenvalue weighted by atomic mass is 19.1. The van der Waals surface area contributed by atoms with Crippen molar-refractivity contribution < 1.29 is 28.3 Å². The molecular formula is C18H18FN3O5. The number of hydrogen-bond donors (Lipinski definition) is 3. The van der Waals surface area contributed by atoms with E-state index < -0.39 is 12.0 Å². The molecule has 1 fully saturated rings. The third-order valence-electron chi connectivity index (χ3n) is 4.28. The number of nitrogens with zero attached hydrogens (tertiary/aromatic N) is 1. The van der Waals surface area contributed by atoms with Gasteiger partial charge in [0, 0.05) is 30.9 Å². The number of carbonyl (C=O) groups is 3. The molecule has 2 aromatic rings. The van der Waals surface area contributed by atoms with Crippen LogP contribution >= 0.6 is 0 Å². The predicted octanol–water partition coefficient (Wildman–Crippen LogP) is 2.54. The summed E-state index contributed by atoms with van der Waals surface area (Å²) in [6.07, 6.45) is 2.13. The normalized spacial score (nSPS) is 14.6. The van der Waals surface area contributed by atoms with Crippen LogP contribution in [0.15, 0.2) is 41.0 Å². The summed E-state index contributed by atoms with van der Waals surface area (Å²) in [4.78, 5) is 36.8. The van der Waals surface area contributed by atoms with Gasteiger partial charge < -0.3 is 25.1 Å². The smallest absolute Gasteiger partial charge is 0.338 e. The highest BCUT2D eigenvalue weighted by Gasteiger charge is 2.26. The zero-order chi connectivity index (χ0) is 19.4. The average molecular weight is 375 g/mol. The molecule has 0 aliphatic carbocycles. The Kier molecular flexibility index (Phi) is 5.39. The molecule has 142 valence electrons. The number of amides is 3. The molecule has 2 heterocycles. The minimum atomic E-state index is -1.16. The zero-order valence-corrected chi connectivity index (χ0v) is 14.3. The fourth-order valence-electron chi connectivity index (χ4n) is 2.83. The quantitative estimate of drug-likeness (QED) is 0.760. The number of rotatable bonds is 4. The number of nitrogens with one attached hydrogen (secondary N) is 2. The second kappa shape index (κ2) is 7.90. The van der Waals surface area contributed by atoms with Crippen molar-refractivity contribution in [3.63, 3.8) is 0 Å². The SMILES string of the molecule is O=C(Nc1ccc(F)cc1)NC1CCN(C(=O)c2cc(C(=O)O)co2)CC1. The highest BCUT2D eigenvalue weighted by molar-refractivity contribution is 5.95. The number of halogens is 1. The Bertz CT molecular complexity index is 841. The molecular weight excluding hydrogens is 357 g/mol. The van der Waals surface area contributed by atoms with Gasteiger partial charge in [0.05, 0.1) is 5.56 Å². The number of aromatic carboxylic acids is 1. The maximum Gasteiger partial charge on any atom is 0.338 e. The Hall–Kier alpha value is -3.36. The van der Waals surface area contributed by atoms with E-state index in [1.165, 1.54) is 30.3 Å². The number of carboxylic acid groups (broad SMARTS) is 1. The number of carboxylic acids is 1. The molecule has 27 heavy (non-hydrogen) atoms. The van der Waals surface area contributed by atoms with Gasteiger partial charge in [-0.05, 0) is 37.1 Å². The van der Waals surface area contributed by atoms with Crippen LogP contribution in [0, 0.1) is 5.82 Å². The van der Waals surface area contributed by atoms with Crippen LogP contribution < -0.4 is 10.6 Å². The Morgan fingerprint density at radius 2 is 1.81 bits per heavy atom. The molecule has 3 rings (SSSR count). The van der Waals surface area contributed by atoms with Crippen molar-refractivity contribution in [3.05, 3.63) is 53.7 Å². The van der Waals surface area contributed by atoms with Gasteiger partial charge in [-0.25, -0.2) is 14.0 Å². The van der Waals surface area contributed by atoms with E-state index in [9.17, 15) is 18.8 Å². The second-order valence-corrected chi connectivity index (χ2v) is 6.18. The molecule has 1 aromatic heterocycles. The van der Waals surface area contributed by atoms with E-state index in [0.717, 1.165) is 6.26 Å². The van der Waals surface area contributed by atoms with Crippen molar-refractivity contribution in [1.82, 2.24) is 10.2 Å². The molecule has 0 unspecified atom stereocenters. The molecule has 3 amide bonds. The average Bonchev–Trinajstić information content (AvgIpc) is 3.14. The predicted molar refractivity (Wildman–Crippen MR) is 93.1 cm³/mol. The van der Waals surface area contributed by atoms with E-state index in [4.69, 9.17) is 9.52 Å². The van der Waals surface area contributed by atoms with Gasteiger partial charge >= 0.3 is 12.0 Å². The first-order valence-corrected chi connectivity index (χ1v) is 8.36. The summed E-state index contributed by atoms with van der Waals surface area (Å²) in [7, 11) is 0. The zero-order valence-electron chi connectivity index (χ0n) is 14.3. The first kappa shape index (κ1) is 18.4. The Morgan fingerprint density at radius 1 is 1.15 bits per heavy atom. The lowest BCUT2D eigenvalue weighted by Crippen LogP contribution is -2.47. The van der Waals surface area contributed by atoms with E-state index >= 15 is 0 Å². The first-order chi connectivity index (χ1) is 12.9. The van der Waals surface area contributed by atoms with Crippen molar-refractivity contribution >= 4 is 23.6 Å². The van der Waals surface area contributed by atoms with Gasteiger partial charge in [0.25, 0.3) is 5.91 Å². The molecule has 1 aromatic carbocycles. The second-order valence-electron chi connectivity index (χ2n) is 6.18. The molecule has 0 atom stereocenters. The summed E-state index contributed by atoms with van der Waals surface area (Å²) >= 11 is 0. The summed E-state index contributed by atoms with van der Waals surface area (Å²) in [5.74, 6) is -1.94. The van der Waals surface area contributed by atoms with Gasteiger partial charge in [-0.2, -0.15) is 0 Å². The minimum absolute atomic E-state index is 0.0205. The molecule has 9 heteroatoms. The van der Waals surface area contributed by atoms with E-state index in [-0.39, 0.29) is 29.1 Å². The number of carbonyl (C=O) groups excluding carboxylic acids is 2. The van der Waals surface area contributed by atoms with Crippen LogP contribution in [0.5, 0.6) is 0 Å². The Morgan fingerprint density at radius 3 is 2.41 bits per heavy atom. The largest absolute Gasteiger partial charge is 0.478 e. The van der Waals surface area contributed by atoms with Crippen LogP contribution in [0.25, 0.3) is 0 Å². The molecule has 3 N–H and O–H groups in total. The van der Waals surface area contributed by atoms with Gasteiger partial charge in [0.15, 0.2) is 5.76 Å². The van der Waals surface area contributed by atoms with Gasteiger partial charge in [0.2, 0.25) is 0 Å². The van der Waals surface area contributed by atoms with Gasteiger partial charge in [-0.3, -0.25) is 4.79 Å². The molecule has 0 saturated carbocycles. The maximum atomic E-state index is 12.9. The lowest BCUT2D eigenvalue weighted by atomic mass is 10.0. The third-order valence-corrected chi connectivity index (χ3v) is 4.28. The summed E-state index contributed by atoms with van der Waals surface area (Å²) in [6, 6.07) is 6.12. The number of urea groups is 1. The molecule has 0 spiro atoms. The van der Waals surface area contributed by atoms with Crippen molar-refractivity contribution in [2.75, 3.05) is 18.4 Å². The van der Waals surface area contributed by atoms with Crippen LogP contribution in [0.3, 0.4) is 0 Å². The number of furan rings is 1. The summed E-state index contributed by atoms with van der Waals surface area (Å²) in [5.41, 5.74) is 0.404. The third kappa shape index (κ3) is 4.63. The van der Waals surface area contributed by atoms with E-state index in [0.29, 0.717) is 31.6 Å². The van der Waals surface area contributed by atoms with Crippen LogP contribution in [-0.4, -0.2) is 47.0 Å². The number of anilines is 1. The Balaban J connectivity index is 1.48. The molecule has 1 saturated heterocycles. The van der Waals surface area contributed by atoms with Gasteiger partial charge in [-0.15, -0.1) is 0 Å². The standard InChI is InChI=1S/C18H18FN3O5/c19-12-1-3-13(4-2-12)20-18(26)21-14-5-7-22(8-6-14)16(23)15-9-11(10-27-15)17(24)25/h1-4,9-10,14H,5-8H2,(H,24,25)(H2,20,21,26). The van der Waals surface area contributed by atoms with E-state index in [1.54, 1.807) is 4.90 Å². The monoisotopic (exact) mass is 375 g/mol. The van der Waals surface area contributed by atoms with Crippen molar-refractivity contribution in [3.8, 4) is 0 Å². The maximum absolute atomic E-state index is 12.9. The number of piperidine rings is 1. The summed E-state index contributed by atoms with van der Waals surface area (Å²) in [6.45, 7) is 0.812. The van der Waals surface area contributed by atoms with Gasteiger partial charge in [-0.1, -0.05) is 0 Å².